The first kappa shape index (κ1) is 16.6. The third kappa shape index (κ3) is 6.82. The van der Waals surface area contributed by atoms with Crippen LogP contribution in [0.25, 0.3) is 0 Å². The minimum atomic E-state index is -3.54. The van der Waals surface area contributed by atoms with Gasteiger partial charge in [-0.25, -0.2) is 17.9 Å². The third-order valence-corrected chi connectivity index (χ3v) is 3.74. The molecule has 0 fully saturated rings. The summed E-state index contributed by atoms with van der Waals surface area (Å²) in [7, 11) is -3.54. The van der Waals surface area contributed by atoms with Crippen LogP contribution in [0, 0.1) is 0 Å². The molecule has 0 radical (unpaired) electrons. The van der Waals surface area contributed by atoms with Gasteiger partial charge in [0.25, 0.3) is 0 Å². The molecule has 0 rings (SSSR count). The van der Waals surface area contributed by atoms with Crippen molar-refractivity contribution in [2.75, 3.05) is 18.2 Å². The van der Waals surface area contributed by atoms with Gasteiger partial charge < -0.3 is 9.84 Å². The number of alkyl halides is 1. The maximum Gasteiger partial charge on any atom is 0.336 e. The number of hydrogen-bond donors (Lipinski definition) is 2. The Bertz CT molecular complexity index is 332. The lowest BCUT2D eigenvalue weighted by Gasteiger charge is -2.18. The number of nitrogens with one attached hydrogen (secondary N) is 1. The molecule has 0 aliphatic carbocycles. The van der Waals surface area contributed by atoms with E-state index in [1.807, 2.05) is 0 Å². The Morgan fingerprint density at radius 3 is 2.59 bits per heavy atom. The van der Waals surface area contributed by atoms with E-state index in [0.717, 1.165) is 0 Å². The van der Waals surface area contributed by atoms with E-state index in [2.05, 4.69) is 9.46 Å². The zero-order valence-electron chi connectivity index (χ0n) is 9.85. The average Bonchev–Trinajstić information content (AvgIpc) is 2.25. The predicted molar refractivity (Wildman–Crippen MR) is 64.4 cm³/mol. The number of rotatable bonds is 8. The van der Waals surface area contributed by atoms with Gasteiger partial charge in [-0.15, -0.1) is 11.6 Å². The quantitative estimate of drug-likeness (QED) is 0.478. The molecular weight excluding hydrogens is 270 g/mol. The van der Waals surface area contributed by atoms with Gasteiger partial charge >= 0.3 is 5.97 Å². The van der Waals surface area contributed by atoms with Crippen molar-refractivity contribution >= 4 is 27.6 Å². The first-order valence-corrected chi connectivity index (χ1v) is 7.43. The van der Waals surface area contributed by atoms with Crippen LogP contribution in [0.3, 0.4) is 0 Å². The highest BCUT2D eigenvalue weighted by Gasteiger charge is 2.27. The van der Waals surface area contributed by atoms with Crippen molar-refractivity contribution in [3.8, 4) is 0 Å². The summed E-state index contributed by atoms with van der Waals surface area (Å²) < 4.78 is 29.7. The number of hydrogen-bond acceptors (Lipinski definition) is 5. The number of aliphatic hydroxyl groups is 1. The minimum absolute atomic E-state index is 0.127. The van der Waals surface area contributed by atoms with Gasteiger partial charge in [0.15, 0.2) is 6.10 Å². The molecule has 0 heterocycles. The van der Waals surface area contributed by atoms with Gasteiger partial charge in [0.2, 0.25) is 10.0 Å². The van der Waals surface area contributed by atoms with E-state index in [-0.39, 0.29) is 18.2 Å². The molecule has 0 spiro atoms. The molecule has 8 heteroatoms. The van der Waals surface area contributed by atoms with Gasteiger partial charge in [-0.3, -0.25) is 0 Å². The van der Waals surface area contributed by atoms with Crippen LogP contribution in [0.4, 0.5) is 0 Å². The molecule has 0 saturated carbocycles. The lowest BCUT2D eigenvalue weighted by Crippen LogP contribution is -2.46. The van der Waals surface area contributed by atoms with Gasteiger partial charge in [0.05, 0.1) is 18.4 Å². The Morgan fingerprint density at radius 1 is 1.53 bits per heavy atom. The number of carbonyl (C=O) groups is 1. The molecule has 0 aromatic rings. The first-order chi connectivity index (χ1) is 7.84. The van der Waals surface area contributed by atoms with E-state index >= 15 is 0 Å². The number of sulfonamides is 1. The molecule has 2 N–H and O–H groups in total. The molecule has 2 atom stereocenters. The Balaban J connectivity index is 4.33. The molecule has 6 nitrogen and oxygen atoms in total. The van der Waals surface area contributed by atoms with Crippen molar-refractivity contribution in [2.45, 2.75) is 32.4 Å². The number of ether oxygens (including phenoxy) is 1. The van der Waals surface area contributed by atoms with Crippen LogP contribution >= 0.6 is 11.6 Å². The summed E-state index contributed by atoms with van der Waals surface area (Å²) in [5.74, 6) is -0.758. The van der Waals surface area contributed by atoms with Crippen LogP contribution in [0.2, 0.25) is 0 Å². The van der Waals surface area contributed by atoms with Crippen molar-refractivity contribution in [1.29, 1.82) is 0 Å². The van der Waals surface area contributed by atoms with Crippen molar-refractivity contribution in [1.82, 2.24) is 4.72 Å². The monoisotopic (exact) mass is 287 g/mol. The molecule has 0 aliphatic rings. The molecule has 17 heavy (non-hydrogen) atoms. The standard InChI is InChI=1S/C9H18ClNO5S/c1-3-16-9(13)8(12)7(2)11-17(14,15)6-4-5-10/h7-8,11-12H,3-6H2,1-2H3. The van der Waals surface area contributed by atoms with E-state index < -0.39 is 28.1 Å². The van der Waals surface area contributed by atoms with Crippen molar-refractivity contribution in [2.24, 2.45) is 0 Å². The first-order valence-electron chi connectivity index (χ1n) is 5.24. The highest BCUT2D eigenvalue weighted by molar-refractivity contribution is 7.89. The summed E-state index contributed by atoms with van der Waals surface area (Å²) >= 11 is 5.38. The predicted octanol–water partition coefficient (Wildman–Crippen LogP) is -0.153. The van der Waals surface area contributed by atoms with Crippen LogP contribution in [0.15, 0.2) is 0 Å². The van der Waals surface area contributed by atoms with Crippen molar-refractivity contribution < 1.29 is 23.1 Å². The Hall–Kier alpha value is -0.370. The topological polar surface area (TPSA) is 92.7 Å². The highest BCUT2D eigenvalue weighted by atomic mass is 35.5. The van der Waals surface area contributed by atoms with Crippen molar-refractivity contribution in [3.05, 3.63) is 0 Å². The van der Waals surface area contributed by atoms with Crippen LogP contribution in [0.1, 0.15) is 20.3 Å². The maximum atomic E-state index is 11.5. The second kappa shape index (κ2) is 7.86. The zero-order chi connectivity index (χ0) is 13.5. The van der Waals surface area contributed by atoms with E-state index in [9.17, 15) is 18.3 Å². The Kier molecular flexibility index (Phi) is 7.69. The van der Waals surface area contributed by atoms with Crippen LogP contribution < -0.4 is 4.72 Å². The summed E-state index contributed by atoms with van der Waals surface area (Å²) in [6.45, 7) is 3.11. The van der Waals surface area contributed by atoms with E-state index in [4.69, 9.17) is 11.6 Å². The lowest BCUT2D eigenvalue weighted by atomic mass is 10.2. The maximum absolute atomic E-state index is 11.5. The number of halogens is 1. The minimum Gasteiger partial charge on any atom is -0.464 e. The van der Waals surface area contributed by atoms with Gasteiger partial charge in [-0.05, 0) is 20.3 Å². The number of carbonyl (C=O) groups excluding carboxylic acids is 1. The van der Waals surface area contributed by atoms with Gasteiger partial charge in [0, 0.05) is 5.88 Å². The molecule has 102 valence electrons. The van der Waals surface area contributed by atoms with Gasteiger partial charge in [0.1, 0.15) is 0 Å². The van der Waals surface area contributed by atoms with E-state index in [1.54, 1.807) is 6.92 Å². The largest absolute Gasteiger partial charge is 0.464 e. The Morgan fingerprint density at radius 2 is 2.12 bits per heavy atom. The lowest BCUT2D eigenvalue weighted by molar-refractivity contribution is -0.154. The molecule has 0 bridgehead atoms. The summed E-state index contributed by atoms with van der Waals surface area (Å²) in [6, 6.07) is -0.936. The molecule has 0 saturated heterocycles. The molecule has 0 aromatic heterocycles. The summed E-state index contributed by atoms with van der Waals surface area (Å²) in [6.07, 6.45) is -1.21. The Labute approximate surface area is 106 Å². The fourth-order valence-electron chi connectivity index (χ4n) is 1.08. The SMILES string of the molecule is CCOC(=O)C(O)C(C)NS(=O)(=O)CCCCl. The molecule has 0 aromatic carbocycles. The van der Waals surface area contributed by atoms with Gasteiger partial charge in [-0.1, -0.05) is 0 Å². The fourth-order valence-corrected chi connectivity index (χ4v) is 2.71. The second-order valence-electron chi connectivity index (χ2n) is 3.46. The fraction of sp³-hybridized carbons (Fsp3) is 0.889. The molecular formula is C9H18ClNO5S. The normalized spacial score (nSPS) is 15.3. The zero-order valence-corrected chi connectivity index (χ0v) is 11.4. The number of aliphatic hydroxyl groups excluding tert-OH is 1. The number of esters is 1. The molecule has 0 aliphatic heterocycles. The molecule has 2 unspecified atom stereocenters. The average molecular weight is 288 g/mol. The third-order valence-electron chi connectivity index (χ3n) is 1.91. The van der Waals surface area contributed by atoms with Gasteiger partial charge in [-0.2, -0.15) is 0 Å². The van der Waals surface area contributed by atoms with Crippen LogP contribution in [-0.4, -0.2) is 49.9 Å². The highest BCUT2D eigenvalue weighted by Crippen LogP contribution is 2.00. The molecule has 0 amide bonds. The van der Waals surface area contributed by atoms with Crippen LogP contribution in [-0.2, 0) is 19.6 Å². The smallest absolute Gasteiger partial charge is 0.336 e. The van der Waals surface area contributed by atoms with Crippen molar-refractivity contribution in [3.63, 3.8) is 0 Å². The summed E-state index contributed by atoms with van der Waals surface area (Å²) in [5, 5.41) is 9.48. The van der Waals surface area contributed by atoms with E-state index in [1.165, 1.54) is 6.92 Å². The second-order valence-corrected chi connectivity index (χ2v) is 5.72. The summed E-state index contributed by atoms with van der Waals surface area (Å²) in [4.78, 5) is 11.2. The van der Waals surface area contributed by atoms with E-state index in [0.29, 0.717) is 6.42 Å². The van der Waals surface area contributed by atoms with Crippen LogP contribution in [0.5, 0.6) is 0 Å². The summed E-state index contributed by atoms with van der Waals surface area (Å²) in [5.41, 5.74) is 0.